The highest BCUT2D eigenvalue weighted by Crippen LogP contribution is 2.34. The summed E-state index contributed by atoms with van der Waals surface area (Å²) in [5.41, 5.74) is 7.89. The minimum atomic E-state index is 0.620. The Kier molecular flexibility index (Phi) is 3.59. The third-order valence-corrected chi connectivity index (χ3v) is 3.77. The molecule has 0 spiro atoms. The van der Waals surface area contributed by atoms with Crippen LogP contribution < -0.4 is 10.6 Å². The van der Waals surface area contributed by atoms with Gasteiger partial charge >= 0.3 is 0 Å². The van der Waals surface area contributed by atoms with Crippen molar-refractivity contribution in [3.8, 4) is 0 Å². The molecule has 3 heteroatoms. The molecule has 2 nitrogen and oxygen atoms in total. The number of anilines is 2. The summed E-state index contributed by atoms with van der Waals surface area (Å²) in [5, 5.41) is 0.665. The van der Waals surface area contributed by atoms with Crippen molar-refractivity contribution >= 4 is 23.0 Å². The molecule has 1 aromatic carbocycles. The van der Waals surface area contributed by atoms with E-state index in [1.54, 1.807) is 0 Å². The van der Waals surface area contributed by atoms with E-state index < -0.39 is 0 Å². The van der Waals surface area contributed by atoms with Gasteiger partial charge in [-0.2, -0.15) is 0 Å². The lowest BCUT2D eigenvalue weighted by molar-refractivity contribution is 0.450. The van der Waals surface area contributed by atoms with Gasteiger partial charge in [0.15, 0.2) is 0 Å². The van der Waals surface area contributed by atoms with Crippen molar-refractivity contribution < 1.29 is 0 Å². The van der Waals surface area contributed by atoms with Crippen molar-refractivity contribution in [1.29, 1.82) is 0 Å². The van der Waals surface area contributed by atoms with Gasteiger partial charge in [0.2, 0.25) is 0 Å². The summed E-state index contributed by atoms with van der Waals surface area (Å²) in [6.07, 6.45) is 5.02. The van der Waals surface area contributed by atoms with Gasteiger partial charge in [-0.05, 0) is 37.8 Å². The second-order valence-corrected chi connectivity index (χ2v) is 4.83. The minimum Gasteiger partial charge on any atom is -0.396 e. The maximum absolute atomic E-state index is 6.07. The maximum Gasteiger partial charge on any atom is 0.0741 e. The van der Waals surface area contributed by atoms with E-state index >= 15 is 0 Å². The van der Waals surface area contributed by atoms with Gasteiger partial charge in [0.05, 0.1) is 16.4 Å². The molecule has 0 amide bonds. The molecule has 0 bridgehead atoms. The Morgan fingerprint density at radius 1 is 1.44 bits per heavy atom. The van der Waals surface area contributed by atoms with E-state index in [1.165, 1.54) is 25.7 Å². The van der Waals surface area contributed by atoms with Crippen LogP contribution in [-0.2, 0) is 0 Å². The van der Waals surface area contributed by atoms with Crippen LogP contribution in [0.3, 0.4) is 0 Å². The number of piperidine rings is 1. The van der Waals surface area contributed by atoms with Gasteiger partial charge in [-0.1, -0.05) is 24.6 Å². The first-order chi connectivity index (χ1) is 7.74. The van der Waals surface area contributed by atoms with E-state index in [2.05, 4.69) is 17.9 Å². The average molecular weight is 239 g/mol. The first-order valence-corrected chi connectivity index (χ1v) is 6.42. The third-order valence-electron chi connectivity index (χ3n) is 3.44. The highest BCUT2D eigenvalue weighted by molar-refractivity contribution is 6.33. The SMILES string of the molecule is CCC1CCCCN1c1cccc(Cl)c1N. The molecule has 0 aliphatic carbocycles. The van der Waals surface area contributed by atoms with Crippen LogP contribution in [0.2, 0.25) is 5.02 Å². The highest BCUT2D eigenvalue weighted by Gasteiger charge is 2.22. The lowest BCUT2D eigenvalue weighted by atomic mass is 9.99. The molecular weight excluding hydrogens is 220 g/mol. The molecule has 88 valence electrons. The van der Waals surface area contributed by atoms with Crippen LogP contribution in [0.15, 0.2) is 18.2 Å². The number of nitrogens with two attached hydrogens (primary N) is 1. The van der Waals surface area contributed by atoms with Crippen LogP contribution in [0, 0.1) is 0 Å². The Hall–Kier alpha value is -0.890. The first kappa shape index (κ1) is 11.6. The lowest BCUT2D eigenvalue weighted by Gasteiger charge is -2.38. The number of para-hydroxylation sites is 1. The summed E-state index contributed by atoms with van der Waals surface area (Å²) in [5.74, 6) is 0. The van der Waals surface area contributed by atoms with Crippen molar-refractivity contribution in [2.24, 2.45) is 0 Å². The number of hydrogen-bond donors (Lipinski definition) is 1. The summed E-state index contributed by atoms with van der Waals surface area (Å²) in [6, 6.07) is 6.53. The van der Waals surface area contributed by atoms with Crippen molar-refractivity contribution in [1.82, 2.24) is 0 Å². The molecular formula is C13H19ClN2. The predicted octanol–water partition coefficient (Wildman–Crippen LogP) is 3.69. The molecule has 1 aliphatic rings. The maximum atomic E-state index is 6.07. The molecule has 1 atom stereocenters. The predicted molar refractivity (Wildman–Crippen MR) is 71.1 cm³/mol. The molecule has 1 saturated heterocycles. The Morgan fingerprint density at radius 2 is 2.25 bits per heavy atom. The molecule has 2 rings (SSSR count). The fourth-order valence-electron chi connectivity index (χ4n) is 2.52. The Bertz CT molecular complexity index is 365. The van der Waals surface area contributed by atoms with Gasteiger partial charge in [0.1, 0.15) is 0 Å². The molecule has 0 aromatic heterocycles. The average Bonchev–Trinajstić information content (AvgIpc) is 2.33. The van der Waals surface area contributed by atoms with E-state index in [4.69, 9.17) is 17.3 Å². The molecule has 1 aromatic rings. The molecule has 0 saturated carbocycles. The minimum absolute atomic E-state index is 0.620. The highest BCUT2D eigenvalue weighted by atomic mass is 35.5. The standard InChI is InChI=1S/C13H19ClN2/c1-2-10-6-3-4-9-16(10)12-8-5-7-11(14)13(12)15/h5,7-8,10H,2-4,6,9,15H2,1H3. The summed E-state index contributed by atoms with van der Waals surface area (Å²) in [6.45, 7) is 3.34. The lowest BCUT2D eigenvalue weighted by Crippen LogP contribution is -2.39. The number of rotatable bonds is 2. The van der Waals surface area contributed by atoms with Gasteiger partial charge < -0.3 is 10.6 Å². The zero-order valence-electron chi connectivity index (χ0n) is 9.75. The fourth-order valence-corrected chi connectivity index (χ4v) is 2.69. The van der Waals surface area contributed by atoms with E-state index in [9.17, 15) is 0 Å². The Morgan fingerprint density at radius 3 is 3.00 bits per heavy atom. The third kappa shape index (κ3) is 2.12. The summed E-state index contributed by atoms with van der Waals surface area (Å²) >= 11 is 6.07. The first-order valence-electron chi connectivity index (χ1n) is 6.04. The van der Waals surface area contributed by atoms with E-state index in [0.717, 1.165) is 17.9 Å². The van der Waals surface area contributed by atoms with Crippen LogP contribution in [0.1, 0.15) is 32.6 Å². The van der Waals surface area contributed by atoms with Gasteiger partial charge in [0, 0.05) is 12.6 Å². The van der Waals surface area contributed by atoms with Gasteiger partial charge in [-0.3, -0.25) is 0 Å². The molecule has 1 unspecified atom stereocenters. The molecule has 2 N–H and O–H groups in total. The molecule has 16 heavy (non-hydrogen) atoms. The van der Waals surface area contributed by atoms with Crippen molar-refractivity contribution in [3.05, 3.63) is 23.2 Å². The molecule has 0 radical (unpaired) electrons. The Balaban J connectivity index is 2.30. The van der Waals surface area contributed by atoms with Gasteiger partial charge in [-0.15, -0.1) is 0 Å². The van der Waals surface area contributed by atoms with Crippen LogP contribution in [0.25, 0.3) is 0 Å². The second-order valence-electron chi connectivity index (χ2n) is 4.42. The molecule has 1 heterocycles. The summed E-state index contributed by atoms with van der Waals surface area (Å²) < 4.78 is 0. The van der Waals surface area contributed by atoms with Crippen LogP contribution in [0.5, 0.6) is 0 Å². The molecule has 1 aliphatic heterocycles. The van der Waals surface area contributed by atoms with E-state index in [0.29, 0.717) is 11.1 Å². The van der Waals surface area contributed by atoms with Gasteiger partial charge in [-0.25, -0.2) is 0 Å². The number of nitrogens with zero attached hydrogens (tertiary/aromatic N) is 1. The van der Waals surface area contributed by atoms with Crippen LogP contribution >= 0.6 is 11.6 Å². The van der Waals surface area contributed by atoms with E-state index in [-0.39, 0.29) is 0 Å². The quantitative estimate of drug-likeness (QED) is 0.797. The second kappa shape index (κ2) is 4.96. The monoisotopic (exact) mass is 238 g/mol. The normalized spacial score (nSPS) is 21.1. The van der Waals surface area contributed by atoms with Crippen LogP contribution in [-0.4, -0.2) is 12.6 Å². The largest absolute Gasteiger partial charge is 0.396 e. The number of halogens is 1. The Labute approximate surface area is 102 Å². The number of nitrogen functional groups attached to an aromatic ring is 1. The fraction of sp³-hybridized carbons (Fsp3) is 0.538. The summed E-state index contributed by atoms with van der Waals surface area (Å²) in [4.78, 5) is 2.42. The number of hydrogen-bond acceptors (Lipinski definition) is 2. The van der Waals surface area contributed by atoms with Gasteiger partial charge in [0.25, 0.3) is 0 Å². The zero-order valence-corrected chi connectivity index (χ0v) is 10.5. The smallest absolute Gasteiger partial charge is 0.0741 e. The van der Waals surface area contributed by atoms with Crippen LogP contribution in [0.4, 0.5) is 11.4 Å². The molecule has 1 fully saturated rings. The number of benzene rings is 1. The van der Waals surface area contributed by atoms with Crippen molar-refractivity contribution in [3.63, 3.8) is 0 Å². The topological polar surface area (TPSA) is 29.3 Å². The van der Waals surface area contributed by atoms with E-state index in [1.807, 2.05) is 12.1 Å². The zero-order chi connectivity index (χ0) is 11.5. The summed E-state index contributed by atoms with van der Waals surface area (Å²) in [7, 11) is 0. The van der Waals surface area contributed by atoms with Crippen molar-refractivity contribution in [2.45, 2.75) is 38.6 Å². The van der Waals surface area contributed by atoms with Crippen molar-refractivity contribution in [2.75, 3.05) is 17.2 Å².